The Labute approximate surface area is 182 Å². The summed E-state index contributed by atoms with van der Waals surface area (Å²) in [5.74, 6) is -0.973. The normalized spacial score (nSPS) is 13.1. The molecule has 160 valence electrons. The van der Waals surface area contributed by atoms with Crippen LogP contribution in [-0.4, -0.2) is 29.2 Å². The Morgan fingerprint density at radius 1 is 0.839 bits per heavy atom. The molecule has 2 amide bonds. The molecule has 0 spiro atoms. The first-order valence-corrected chi connectivity index (χ1v) is 10.1. The van der Waals surface area contributed by atoms with Crippen molar-refractivity contribution in [1.29, 1.82) is 0 Å². The molecule has 0 saturated heterocycles. The Kier molecular flexibility index (Phi) is 7.18. The maximum atomic E-state index is 13.1. The van der Waals surface area contributed by atoms with Crippen LogP contribution in [0.5, 0.6) is 0 Å². The van der Waals surface area contributed by atoms with Crippen LogP contribution in [0.2, 0.25) is 0 Å². The molecule has 0 saturated carbocycles. The van der Waals surface area contributed by atoms with E-state index >= 15 is 0 Å². The minimum atomic E-state index is -1.09. The maximum absolute atomic E-state index is 13.1. The summed E-state index contributed by atoms with van der Waals surface area (Å²) in [7, 11) is 0. The predicted molar refractivity (Wildman–Crippen MR) is 120 cm³/mol. The molecule has 0 aliphatic heterocycles. The zero-order chi connectivity index (χ0) is 22.3. The molecule has 6 nitrogen and oxygen atoms in total. The van der Waals surface area contributed by atoms with Crippen LogP contribution < -0.4 is 16.4 Å². The molecule has 0 aliphatic rings. The number of benzene rings is 3. The van der Waals surface area contributed by atoms with Crippen molar-refractivity contribution in [3.63, 3.8) is 0 Å². The molecule has 31 heavy (non-hydrogen) atoms. The summed E-state index contributed by atoms with van der Waals surface area (Å²) in [5, 5.41) is 14.8. The van der Waals surface area contributed by atoms with Crippen LogP contribution in [0.4, 0.5) is 0 Å². The first-order chi connectivity index (χ1) is 14.9. The zero-order valence-electron chi connectivity index (χ0n) is 17.4. The average Bonchev–Trinajstić information content (AvgIpc) is 2.78. The Morgan fingerprint density at radius 2 is 1.23 bits per heavy atom. The van der Waals surface area contributed by atoms with Gasteiger partial charge in [0.05, 0.1) is 12.5 Å². The van der Waals surface area contributed by atoms with E-state index < -0.39 is 23.7 Å². The molecule has 5 N–H and O–H groups in total. The number of aliphatic hydroxyl groups excluding tert-OH is 1. The van der Waals surface area contributed by atoms with E-state index in [1.54, 1.807) is 0 Å². The second kappa shape index (κ2) is 10.0. The van der Waals surface area contributed by atoms with Crippen LogP contribution in [0, 0.1) is 0 Å². The van der Waals surface area contributed by atoms with Gasteiger partial charge in [0.25, 0.3) is 0 Å². The topological polar surface area (TPSA) is 104 Å². The number of carbonyl (C=O) groups excluding carboxylic acids is 2. The molecule has 0 heterocycles. The van der Waals surface area contributed by atoms with Crippen LogP contribution in [0.3, 0.4) is 0 Å². The summed E-state index contributed by atoms with van der Waals surface area (Å²) in [6.45, 7) is 1.41. The van der Waals surface area contributed by atoms with E-state index in [4.69, 9.17) is 5.73 Å². The van der Waals surface area contributed by atoms with E-state index in [1.807, 2.05) is 91.0 Å². The number of hydrogen-bond acceptors (Lipinski definition) is 4. The van der Waals surface area contributed by atoms with E-state index in [2.05, 4.69) is 10.6 Å². The van der Waals surface area contributed by atoms with Gasteiger partial charge < -0.3 is 21.5 Å². The van der Waals surface area contributed by atoms with Crippen molar-refractivity contribution in [2.75, 3.05) is 0 Å². The minimum Gasteiger partial charge on any atom is -0.374 e. The van der Waals surface area contributed by atoms with E-state index in [0.29, 0.717) is 0 Å². The van der Waals surface area contributed by atoms with Gasteiger partial charge in [-0.1, -0.05) is 91.0 Å². The van der Waals surface area contributed by atoms with Crippen molar-refractivity contribution in [3.8, 4) is 0 Å². The molecular formula is C25H27N3O3. The van der Waals surface area contributed by atoms with Crippen molar-refractivity contribution < 1.29 is 14.7 Å². The quantitative estimate of drug-likeness (QED) is 0.333. The summed E-state index contributed by atoms with van der Waals surface area (Å²) in [6, 6.07) is 27.9. The van der Waals surface area contributed by atoms with Gasteiger partial charge in [-0.15, -0.1) is 0 Å². The van der Waals surface area contributed by atoms with Crippen LogP contribution in [-0.2, 0) is 15.1 Å². The van der Waals surface area contributed by atoms with Crippen molar-refractivity contribution in [2.45, 2.75) is 31.2 Å². The zero-order valence-corrected chi connectivity index (χ0v) is 17.4. The molecule has 0 aliphatic carbocycles. The summed E-state index contributed by atoms with van der Waals surface area (Å²) < 4.78 is 0. The van der Waals surface area contributed by atoms with E-state index in [-0.39, 0.29) is 12.3 Å². The number of amides is 2. The first kappa shape index (κ1) is 22.2. The van der Waals surface area contributed by atoms with Crippen molar-refractivity contribution in [3.05, 3.63) is 108 Å². The molecule has 0 bridgehead atoms. The monoisotopic (exact) mass is 417 g/mol. The van der Waals surface area contributed by atoms with E-state index in [0.717, 1.165) is 16.7 Å². The molecule has 6 heteroatoms. The second-order valence-electron chi connectivity index (χ2n) is 7.39. The van der Waals surface area contributed by atoms with Gasteiger partial charge in [0, 0.05) is 0 Å². The molecule has 3 aromatic carbocycles. The smallest absolute Gasteiger partial charge is 0.239 e. The highest BCUT2D eigenvalue weighted by Crippen LogP contribution is 2.36. The highest BCUT2D eigenvalue weighted by Gasteiger charge is 2.38. The predicted octanol–water partition coefficient (Wildman–Crippen LogP) is 2.27. The van der Waals surface area contributed by atoms with Crippen molar-refractivity contribution in [1.82, 2.24) is 10.6 Å². The summed E-state index contributed by atoms with van der Waals surface area (Å²) in [4.78, 5) is 25.2. The summed E-state index contributed by atoms with van der Waals surface area (Å²) >= 11 is 0. The fourth-order valence-electron chi connectivity index (χ4n) is 3.65. The van der Waals surface area contributed by atoms with E-state index in [9.17, 15) is 14.7 Å². The lowest BCUT2D eigenvalue weighted by Gasteiger charge is -2.37. The number of nitrogens with one attached hydrogen (secondary N) is 2. The lowest BCUT2D eigenvalue weighted by Crippen LogP contribution is -2.51. The molecule has 2 unspecified atom stereocenters. The summed E-state index contributed by atoms with van der Waals surface area (Å²) in [6.07, 6.45) is -1.27. The molecule has 3 rings (SSSR count). The Bertz CT molecular complexity index is 896. The van der Waals surface area contributed by atoms with Crippen molar-refractivity contribution in [2.24, 2.45) is 5.73 Å². The lowest BCUT2D eigenvalue weighted by atomic mass is 9.77. The average molecular weight is 418 g/mol. The molecule has 3 aromatic rings. The number of carbonyl (C=O) groups is 2. The van der Waals surface area contributed by atoms with Crippen molar-refractivity contribution >= 4 is 11.8 Å². The number of aliphatic hydroxyl groups is 1. The van der Waals surface area contributed by atoms with Crippen LogP contribution >= 0.6 is 0 Å². The fraction of sp³-hybridized carbons (Fsp3) is 0.200. The largest absolute Gasteiger partial charge is 0.374 e. The van der Waals surface area contributed by atoms with Gasteiger partial charge in [-0.25, -0.2) is 0 Å². The standard InChI is InChI=1S/C25H27N3O3/c1-18(29)27-24(31)22(26)17-23(30)28-25(19-11-5-2-6-12-19,20-13-7-3-8-14-20)21-15-9-4-10-16-21/h2-16,18,22,29H,17,26H2,1H3,(H,27,31)(H,28,30). The first-order valence-electron chi connectivity index (χ1n) is 10.1. The highest BCUT2D eigenvalue weighted by atomic mass is 16.3. The van der Waals surface area contributed by atoms with Gasteiger partial charge in [0.1, 0.15) is 11.8 Å². The molecule has 2 atom stereocenters. The number of rotatable bonds is 8. The number of nitrogens with two attached hydrogens (primary N) is 1. The Hall–Kier alpha value is -3.48. The third kappa shape index (κ3) is 5.17. The minimum absolute atomic E-state index is 0.229. The fourth-order valence-corrected chi connectivity index (χ4v) is 3.65. The van der Waals surface area contributed by atoms with Gasteiger partial charge in [0.2, 0.25) is 11.8 Å². The van der Waals surface area contributed by atoms with Crippen LogP contribution in [0.1, 0.15) is 30.0 Å². The van der Waals surface area contributed by atoms with Crippen LogP contribution in [0.15, 0.2) is 91.0 Å². The van der Waals surface area contributed by atoms with E-state index in [1.165, 1.54) is 6.92 Å². The Balaban J connectivity index is 2.04. The highest BCUT2D eigenvalue weighted by molar-refractivity contribution is 5.89. The van der Waals surface area contributed by atoms with Gasteiger partial charge in [-0.3, -0.25) is 9.59 Å². The molecule has 0 aromatic heterocycles. The SMILES string of the molecule is CC(O)NC(=O)C(N)CC(=O)NC(c1ccccc1)(c1ccccc1)c1ccccc1. The number of hydrogen-bond donors (Lipinski definition) is 4. The lowest BCUT2D eigenvalue weighted by molar-refractivity contribution is -0.129. The second-order valence-corrected chi connectivity index (χ2v) is 7.39. The van der Waals surface area contributed by atoms with Gasteiger partial charge >= 0.3 is 0 Å². The molecule has 0 radical (unpaired) electrons. The van der Waals surface area contributed by atoms with Gasteiger partial charge in [-0.05, 0) is 23.6 Å². The third-order valence-corrected chi connectivity index (χ3v) is 5.04. The molecular weight excluding hydrogens is 390 g/mol. The molecule has 0 fully saturated rings. The van der Waals surface area contributed by atoms with Gasteiger partial charge in [0.15, 0.2) is 0 Å². The maximum Gasteiger partial charge on any atom is 0.239 e. The van der Waals surface area contributed by atoms with Gasteiger partial charge in [-0.2, -0.15) is 0 Å². The third-order valence-electron chi connectivity index (χ3n) is 5.04. The Morgan fingerprint density at radius 3 is 1.58 bits per heavy atom. The van der Waals surface area contributed by atoms with Crippen LogP contribution in [0.25, 0.3) is 0 Å². The summed E-state index contributed by atoms with van der Waals surface area (Å²) in [5.41, 5.74) is 7.58.